The molecule has 0 saturated carbocycles. The maximum atomic E-state index is 6.18. The van der Waals surface area contributed by atoms with Crippen LogP contribution in [0.2, 0.25) is 5.15 Å². The van der Waals surface area contributed by atoms with Crippen LogP contribution < -0.4 is 0 Å². The second-order valence-corrected chi connectivity index (χ2v) is 6.34. The standard InChI is InChI=1S/C12H12ClIN2S/c1-6(2)10-9(14)11(13)16-12(15-10)8-5-17-4-7(8)3/h4-6H,1-3H3. The Kier molecular flexibility index (Phi) is 4.05. The highest BCUT2D eigenvalue weighted by atomic mass is 127. The van der Waals surface area contributed by atoms with Crippen LogP contribution >= 0.6 is 45.5 Å². The lowest BCUT2D eigenvalue weighted by Gasteiger charge is -2.10. The molecule has 0 saturated heterocycles. The molecule has 0 aliphatic rings. The van der Waals surface area contributed by atoms with Gasteiger partial charge in [-0.05, 0) is 46.4 Å². The van der Waals surface area contributed by atoms with E-state index in [-0.39, 0.29) is 0 Å². The van der Waals surface area contributed by atoms with Crippen LogP contribution in [0.3, 0.4) is 0 Å². The van der Waals surface area contributed by atoms with Crippen molar-refractivity contribution < 1.29 is 0 Å². The van der Waals surface area contributed by atoms with Crippen molar-refractivity contribution >= 4 is 45.5 Å². The second-order valence-electron chi connectivity index (χ2n) is 4.16. The van der Waals surface area contributed by atoms with Crippen molar-refractivity contribution in [3.8, 4) is 11.4 Å². The largest absolute Gasteiger partial charge is 0.232 e. The van der Waals surface area contributed by atoms with Crippen LogP contribution in [0.5, 0.6) is 0 Å². The Morgan fingerprint density at radius 3 is 2.53 bits per heavy atom. The van der Waals surface area contributed by atoms with Crippen LogP contribution in [0.25, 0.3) is 11.4 Å². The van der Waals surface area contributed by atoms with Crippen molar-refractivity contribution in [2.24, 2.45) is 0 Å². The first-order valence-electron chi connectivity index (χ1n) is 5.26. The van der Waals surface area contributed by atoms with Gasteiger partial charge in [0.05, 0.1) is 9.26 Å². The summed E-state index contributed by atoms with van der Waals surface area (Å²) in [4.78, 5) is 9.01. The summed E-state index contributed by atoms with van der Waals surface area (Å²) in [7, 11) is 0. The van der Waals surface area contributed by atoms with E-state index in [4.69, 9.17) is 11.6 Å². The topological polar surface area (TPSA) is 25.8 Å². The SMILES string of the molecule is Cc1cscc1-c1nc(Cl)c(I)c(C(C)C)n1. The van der Waals surface area contributed by atoms with Crippen molar-refractivity contribution in [3.63, 3.8) is 0 Å². The number of halogens is 2. The van der Waals surface area contributed by atoms with Gasteiger partial charge in [0, 0.05) is 10.9 Å². The van der Waals surface area contributed by atoms with E-state index in [2.05, 4.69) is 64.1 Å². The quantitative estimate of drug-likeness (QED) is 0.549. The van der Waals surface area contributed by atoms with Gasteiger partial charge in [-0.3, -0.25) is 0 Å². The van der Waals surface area contributed by atoms with Crippen LogP contribution in [-0.4, -0.2) is 9.97 Å². The molecular weight excluding hydrogens is 367 g/mol. The third kappa shape index (κ3) is 2.63. The van der Waals surface area contributed by atoms with Gasteiger partial charge in [0.25, 0.3) is 0 Å². The lowest BCUT2D eigenvalue weighted by Crippen LogP contribution is -2.02. The first kappa shape index (κ1) is 13.2. The molecule has 0 unspecified atom stereocenters. The van der Waals surface area contributed by atoms with Crippen molar-refractivity contribution in [1.82, 2.24) is 9.97 Å². The molecule has 2 rings (SSSR count). The molecule has 2 aromatic rings. The molecule has 0 amide bonds. The van der Waals surface area contributed by atoms with E-state index in [1.54, 1.807) is 11.3 Å². The molecule has 0 fully saturated rings. The van der Waals surface area contributed by atoms with Gasteiger partial charge in [0.1, 0.15) is 5.15 Å². The molecule has 2 aromatic heterocycles. The molecule has 0 spiro atoms. The Hall–Kier alpha value is -0.200. The van der Waals surface area contributed by atoms with Gasteiger partial charge in [0.15, 0.2) is 5.82 Å². The van der Waals surface area contributed by atoms with Gasteiger partial charge in [-0.1, -0.05) is 25.4 Å². The smallest absolute Gasteiger partial charge is 0.162 e. The summed E-state index contributed by atoms with van der Waals surface area (Å²) < 4.78 is 0.955. The summed E-state index contributed by atoms with van der Waals surface area (Å²) >= 11 is 10.0. The Bertz CT molecular complexity index is 551. The van der Waals surface area contributed by atoms with E-state index < -0.39 is 0 Å². The third-order valence-corrected chi connectivity index (χ3v) is 5.00. The summed E-state index contributed by atoms with van der Waals surface area (Å²) in [6.07, 6.45) is 0. The number of rotatable bonds is 2. The highest BCUT2D eigenvalue weighted by molar-refractivity contribution is 14.1. The number of aryl methyl sites for hydroxylation is 1. The van der Waals surface area contributed by atoms with Crippen LogP contribution in [0, 0.1) is 10.5 Å². The summed E-state index contributed by atoms with van der Waals surface area (Å²) in [6, 6.07) is 0. The molecule has 5 heteroatoms. The van der Waals surface area contributed by atoms with Gasteiger partial charge in [-0.25, -0.2) is 9.97 Å². The van der Waals surface area contributed by atoms with Crippen molar-refractivity contribution in [3.05, 3.63) is 30.7 Å². The number of hydrogen-bond donors (Lipinski definition) is 0. The highest BCUT2D eigenvalue weighted by Gasteiger charge is 2.15. The average molecular weight is 379 g/mol. The molecule has 0 aliphatic heterocycles. The number of hydrogen-bond acceptors (Lipinski definition) is 3. The zero-order valence-electron chi connectivity index (χ0n) is 9.79. The van der Waals surface area contributed by atoms with E-state index in [9.17, 15) is 0 Å². The van der Waals surface area contributed by atoms with Crippen LogP contribution in [0.1, 0.15) is 31.0 Å². The monoisotopic (exact) mass is 378 g/mol. The van der Waals surface area contributed by atoms with Crippen molar-refractivity contribution in [1.29, 1.82) is 0 Å². The van der Waals surface area contributed by atoms with Crippen LogP contribution in [0.15, 0.2) is 10.8 Å². The maximum Gasteiger partial charge on any atom is 0.162 e. The fraction of sp³-hybridized carbons (Fsp3) is 0.333. The predicted molar refractivity (Wildman–Crippen MR) is 81.9 cm³/mol. The number of thiophene rings is 1. The van der Waals surface area contributed by atoms with E-state index in [0.29, 0.717) is 11.1 Å². The Morgan fingerprint density at radius 2 is 2.00 bits per heavy atom. The molecular formula is C12H12ClIN2S. The van der Waals surface area contributed by atoms with E-state index in [1.807, 2.05) is 0 Å². The molecule has 0 radical (unpaired) electrons. The van der Waals surface area contributed by atoms with Gasteiger partial charge in [-0.15, -0.1) is 0 Å². The summed E-state index contributed by atoms with van der Waals surface area (Å²) in [6.45, 7) is 6.30. The minimum atomic E-state index is 0.347. The van der Waals surface area contributed by atoms with E-state index in [0.717, 1.165) is 20.7 Å². The lowest BCUT2D eigenvalue weighted by atomic mass is 10.1. The third-order valence-electron chi connectivity index (χ3n) is 2.48. The van der Waals surface area contributed by atoms with Crippen LogP contribution in [0.4, 0.5) is 0 Å². The molecule has 0 atom stereocenters. The molecule has 2 heterocycles. The Morgan fingerprint density at radius 1 is 1.29 bits per heavy atom. The highest BCUT2D eigenvalue weighted by Crippen LogP contribution is 2.30. The molecule has 0 N–H and O–H groups in total. The molecule has 0 aromatic carbocycles. The molecule has 0 aliphatic carbocycles. The fourth-order valence-corrected chi connectivity index (χ4v) is 3.40. The molecule has 0 bridgehead atoms. The minimum Gasteiger partial charge on any atom is -0.232 e. The summed E-state index contributed by atoms with van der Waals surface area (Å²) in [5.41, 5.74) is 3.29. The van der Waals surface area contributed by atoms with Crippen molar-refractivity contribution in [2.45, 2.75) is 26.7 Å². The summed E-state index contributed by atoms with van der Waals surface area (Å²) in [5, 5.41) is 4.71. The number of aromatic nitrogens is 2. The zero-order chi connectivity index (χ0) is 12.6. The Labute approximate surface area is 124 Å². The molecule has 17 heavy (non-hydrogen) atoms. The zero-order valence-corrected chi connectivity index (χ0v) is 13.5. The Balaban J connectivity index is 2.61. The van der Waals surface area contributed by atoms with Gasteiger partial charge >= 0.3 is 0 Å². The van der Waals surface area contributed by atoms with Crippen LogP contribution in [-0.2, 0) is 0 Å². The van der Waals surface area contributed by atoms with E-state index >= 15 is 0 Å². The number of nitrogens with zero attached hydrogens (tertiary/aromatic N) is 2. The maximum absolute atomic E-state index is 6.18. The first-order valence-corrected chi connectivity index (χ1v) is 7.66. The van der Waals surface area contributed by atoms with E-state index in [1.165, 1.54) is 5.56 Å². The fourth-order valence-electron chi connectivity index (χ4n) is 1.53. The van der Waals surface area contributed by atoms with Gasteiger partial charge in [0.2, 0.25) is 0 Å². The second kappa shape index (κ2) is 5.20. The molecule has 2 nitrogen and oxygen atoms in total. The van der Waals surface area contributed by atoms with Gasteiger partial charge < -0.3 is 0 Å². The minimum absolute atomic E-state index is 0.347. The normalized spacial score (nSPS) is 11.2. The van der Waals surface area contributed by atoms with Gasteiger partial charge in [-0.2, -0.15) is 11.3 Å². The molecule has 90 valence electrons. The lowest BCUT2D eigenvalue weighted by molar-refractivity contribution is 0.808. The average Bonchev–Trinajstić information content (AvgIpc) is 2.68. The van der Waals surface area contributed by atoms with Crippen molar-refractivity contribution in [2.75, 3.05) is 0 Å². The first-order chi connectivity index (χ1) is 8.00. The predicted octanol–water partition coefficient (Wildman–Crippen LogP) is 4.89. The summed E-state index contributed by atoms with van der Waals surface area (Å²) in [5.74, 6) is 1.08.